The van der Waals surface area contributed by atoms with Gasteiger partial charge in [0.25, 0.3) is 16.0 Å². The van der Waals surface area contributed by atoms with Crippen LogP contribution in [0.5, 0.6) is 0 Å². The number of carbonyl (C=O) groups excluding carboxylic acids is 4. The van der Waals surface area contributed by atoms with Gasteiger partial charge in [0.1, 0.15) is 27.3 Å². The van der Waals surface area contributed by atoms with E-state index in [1.54, 1.807) is 60.6 Å². The van der Waals surface area contributed by atoms with Gasteiger partial charge in [-0.05, 0) is 74.4 Å². The third-order valence-corrected chi connectivity index (χ3v) is 8.37. The number of benzene rings is 1. The van der Waals surface area contributed by atoms with Crippen molar-refractivity contribution in [1.29, 1.82) is 0 Å². The molecule has 1 aromatic carbocycles. The third-order valence-electron chi connectivity index (χ3n) is 5.90. The fourth-order valence-corrected chi connectivity index (χ4v) is 5.54. The zero-order valence-corrected chi connectivity index (χ0v) is 29.7. The van der Waals surface area contributed by atoms with Crippen molar-refractivity contribution < 1.29 is 46.1 Å². The highest BCUT2D eigenvalue weighted by Gasteiger charge is 2.43. The predicted octanol–water partition coefficient (Wildman–Crippen LogP) is 3.68. The zero-order chi connectivity index (χ0) is 35.5. The Hall–Kier alpha value is -3.80. The second-order valence-electron chi connectivity index (χ2n) is 12.9. The molecule has 2 aromatic rings. The Kier molecular flexibility index (Phi) is 11.3. The number of hydrogen-bond acceptors (Lipinski definition) is 13. The van der Waals surface area contributed by atoms with E-state index in [1.165, 1.54) is 26.0 Å². The number of nitrogens with one attached hydrogen (secondary N) is 3. The van der Waals surface area contributed by atoms with E-state index in [0.29, 0.717) is 0 Å². The number of nitrogens with zero attached hydrogens (tertiary/aromatic N) is 2. The number of esters is 1. The van der Waals surface area contributed by atoms with Crippen molar-refractivity contribution in [3.8, 4) is 0 Å². The van der Waals surface area contributed by atoms with Gasteiger partial charge in [-0.25, -0.2) is 14.6 Å². The van der Waals surface area contributed by atoms with Gasteiger partial charge in [0.15, 0.2) is 10.8 Å². The van der Waals surface area contributed by atoms with Crippen LogP contribution < -0.4 is 16.0 Å². The lowest BCUT2D eigenvalue weighted by Gasteiger charge is -2.36. The summed E-state index contributed by atoms with van der Waals surface area (Å²) in [6.45, 7) is 14.0. The molecule has 3 amide bonds. The van der Waals surface area contributed by atoms with Crippen molar-refractivity contribution in [3.05, 3.63) is 39.9 Å². The topological polar surface area (TPSA) is 201 Å². The number of thiazole rings is 1. The van der Waals surface area contributed by atoms with E-state index >= 15 is 0 Å². The number of rotatable bonds is 11. The van der Waals surface area contributed by atoms with Crippen molar-refractivity contribution in [3.63, 3.8) is 0 Å². The van der Waals surface area contributed by atoms with Crippen molar-refractivity contribution >= 4 is 67.8 Å². The average Bonchev–Trinajstić information content (AvgIpc) is 3.26. The van der Waals surface area contributed by atoms with Gasteiger partial charge < -0.3 is 24.9 Å². The number of anilines is 1. The standard InChI is InChI=1S/C29H38ClN5O10S2/c1-15-10-12-16(13-11-15)47(40,41)42-14-17-18(22(36)31-17)32-23(37)20(35-45-29(8,9)24(38)43-27(2,3)4)19-21(30)46-25(33-19)34-26(39)44-28(5,6)7/h10-13,17-18H,14H2,1-9H3,(H,31,36)(H,32,37)(H,33,34,39)/b35-20-/t17-,18+/m1/s1. The predicted molar refractivity (Wildman–Crippen MR) is 173 cm³/mol. The Morgan fingerprint density at radius 3 is 2.17 bits per heavy atom. The molecule has 2 heterocycles. The van der Waals surface area contributed by atoms with E-state index in [0.717, 1.165) is 16.9 Å². The molecule has 15 nitrogen and oxygen atoms in total. The number of aromatic nitrogens is 1. The summed E-state index contributed by atoms with van der Waals surface area (Å²) in [5.74, 6) is -2.45. The molecule has 0 saturated carbocycles. The molecule has 258 valence electrons. The van der Waals surface area contributed by atoms with Crippen LogP contribution in [0.4, 0.5) is 9.93 Å². The van der Waals surface area contributed by atoms with Gasteiger partial charge in [-0.3, -0.25) is 19.1 Å². The lowest BCUT2D eigenvalue weighted by Crippen LogP contribution is -2.71. The molecule has 3 N–H and O–H groups in total. The molecule has 0 aliphatic carbocycles. The van der Waals surface area contributed by atoms with Gasteiger partial charge >= 0.3 is 12.1 Å². The SMILES string of the molecule is Cc1ccc(S(=O)(=O)OC[C@H]2NC(=O)[C@H]2NC(=O)/C(=N\OC(C)(C)C(=O)OC(C)(C)C)c2nc(NC(=O)OC(C)(C)C)sc2Cl)cc1. The molecule has 1 saturated heterocycles. The van der Waals surface area contributed by atoms with E-state index in [1.807, 2.05) is 0 Å². The quantitative estimate of drug-likeness (QED) is 0.101. The Morgan fingerprint density at radius 2 is 1.62 bits per heavy atom. The van der Waals surface area contributed by atoms with E-state index in [-0.39, 0.29) is 20.1 Å². The fraction of sp³-hybridized carbons (Fsp3) is 0.517. The number of β-lactam (4-membered cyclic amide) rings is 1. The number of hydrogen-bond donors (Lipinski definition) is 3. The average molecular weight is 716 g/mol. The smallest absolute Gasteiger partial charge is 0.413 e. The zero-order valence-electron chi connectivity index (χ0n) is 27.3. The minimum atomic E-state index is -4.17. The summed E-state index contributed by atoms with van der Waals surface area (Å²) in [6, 6.07) is 3.78. The maximum Gasteiger partial charge on any atom is 0.413 e. The largest absolute Gasteiger partial charge is 0.457 e. The summed E-state index contributed by atoms with van der Waals surface area (Å²) >= 11 is 7.18. The van der Waals surface area contributed by atoms with Crippen molar-refractivity contribution in [2.24, 2.45) is 5.16 Å². The van der Waals surface area contributed by atoms with Crippen LogP contribution in [0.15, 0.2) is 34.3 Å². The first-order valence-electron chi connectivity index (χ1n) is 14.2. The third kappa shape index (κ3) is 10.6. The van der Waals surface area contributed by atoms with Crippen LogP contribution in [0.1, 0.15) is 66.6 Å². The first-order chi connectivity index (χ1) is 21.5. The highest BCUT2D eigenvalue weighted by Crippen LogP contribution is 2.30. The minimum Gasteiger partial charge on any atom is -0.457 e. The molecule has 1 aromatic heterocycles. The first kappa shape index (κ1) is 37.7. The monoisotopic (exact) mass is 715 g/mol. The fourth-order valence-electron chi connectivity index (χ4n) is 3.57. The normalized spacial score (nSPS) is 17.2. The minimum absolute atomic E-state index is 0.0554. The van der Waals surface area contributed by atoms with Gasteiger partial charge in [-0.15, -0.1) is 0 Å². The Labute approximate surface area is 281 Å². The van der Waals surface area contributed by atoms with Crippen molar-refractivity contribution in [1.82, 2.24) is 15.6 Å². The van der Waals surface area contributed by atoms with Gasteiger partial charge in [0.2, 0.25) is 11.5 Å². The van der Waals surface area contributed by atoms with E-state index in [2.05, 4.69) is 26.1 Å². The molecule has 0 unspecified atom stereocenters. The molecule has 0 spiro atoms. The number of halogens is 1. The van der Waals surface area contributed by atoms with Crippen LogP contribution in [-0.2, 0) is 43.0 Å². The lowest BCUT2D eigenvalue weighted by molar-refractivity contribution is -0.179. The Bertz CT molecular complexity index is 1660. The molecule has 3 rings (SSSR count). The molecular weight excluding hydrogens is 678 g/mol. The summed E-state index contributed by atoms with van der Waals surface area (Å²) in [5.41, 5.74) is -3.34. The lowest BCUT2D eigenvalue weighted by atomic mass is 9.99. The summed E-state index contributed by atoms with van der Waals surface area (Å²) in [7, 11) is -4.17. The van der Waals surface area contributed by atoms with Crippen LogP contribution >= 0.6 is 22.9 Å². The molecule has 18 heteroatoms. The van der Waals surface area contributed by atoms with Gasteiger partial charge in [-0.1, -0.05) is 45.8 Å². The summed E-state index contributed by atoms with van der Waals surface area (Å²) in [5, 5.41) is 11.2. The molecule has 0 radical (unpaired) electrons. The first-order valence-corrected chi connectivity index (χ1v) is 16.8. The van der Waals surface area contributed by atoms with E-state index < -0.39 is 75.2 Å². The number of amides is 3. The van der Waals surface area contributed by atoms with Crippen LogP contribution in [0.3, 0.4) is 0 Å². The van der Waals surface area contributed by atoms with Gasteiger partial charge in [0.05, 0.1) is 17.5 Å². The highest BCUT2D eigenvalue weighted by molar-refractivity contribution is 7.86. The van der Waals surface area contributed by atoms with Crippen LogP contribution in [0, 0.1) is 6.92 Å². The van der Waals surface area contributed by atoms with Crippen molar-refractivity contribution in [2.75, 3.05) is 11.9 Å². The maximum absolute atomic E-state index is 13.6. The molecule has 1 fully saturated rings. The van der Waals surface area contributed by atoms with E-state index in [4.69, 9.17) is 30.1 Å². The number of ether oxygens (including phenoxy) is 2. The van der Waals surface area contributed by atoms with Crippen molar-refractivity contribution in [2.45, 2.75) is 96.1 Å². The Morgan fingerprint density at radius 1 is 1.02 bits per heavy atom. The summed E-state index contributed by atoms with van der Waals surface area (Å²) in [6.07, 6.45) is -0.839. The summed E-state index contributed by atoms with van der Waals surface area (Å²) in [4.78, 5) is 60.7. The number of aryl methyl sites for hydroxylation is 1. The molecule has 1 aliphatic heterocycles. The molecule has 2 atom stereocenters. The van der Waals surface area contributed by atoms with Crippen LogP contribution in [0.25, 0.3) is 0 Å². The van der Waals surface area contributed by atoms with Gasteiger partial charge in [-0.2, -0.15) is 8.42 Å². The van der Waals surface area contributed by atoms with E-state index in [9.17, 15) is 27.6 Å². The molecule has 1 aliphatic rings. The van der Waals surface area contributed by atoms with Gasteiger partial charge in [0, 0.05) is 0 Å². The summed E-state index contributed by atoms with van der Waals surface area (Å²) < 4.78 is 40.9. The maximum atomic E-state index is 13.6. The Balaban J connectivity index is 1.86. The molecular formula is C29H38ClN5O10S2. The second-order valence-corrected chi connectivity index (χ2v) is 16.1. The van der Waals surface area contributed by atoms with Crippen LogP contribution in [-0.4, -0.2) is 78.5 Å². The number of carbonyl (C=O) groups is 4. The molecule has 0 bridgehead atoms. The van der Waals surface area contributed by atoms with Crippen LogP contribution in [0.2, 0.25) is 4.34 Å². The second kappa shape index (κ2) is 14.1. The molecule has 47 heavy (non-hydrogen) atoms. The number of oxime groups is 1. The highest BCUT2D eigenvalue weighted by atomic mass is 35.5.